The van der Waals surface area contributed by atoms with Crippen LogP contribution in [0.25, 0.3) is 0 Å². The van der Waals surface area contributed by atoms with Gasteiger partial charge < -0.3 is 9.47 Å². The van der Waals surface area contributed by atoms with E-state index >= 15 is 0 Å². The molecular formula is C16H24O2. The summed E-state index contributed by atoms with van der Waals surface area (Å²) in [7, 11) is 0. The second-order valence-electron chi connectivity index (χ2n) is 4.29. The lowest BCUT2D eigenvalue weighted by Gasteiger charge is -2.23. The van der Waals surface area contributed by atoms with E-state index in [4.69, 9.17) is 9.47 Å². The Balaban J connectivity index is 0.000000771. The molecule has 1 aliphatic rings. The van der Waals surface area contributed by atoms with E-state index in [1.807, 2.05) is 31.2 Å². The molecule has 0 spiro atoms. The molecule has 1 aromatic rings. The summed E-state index contributed by atoms with van der Waals surface area (Å²) in [6.45, 7) is 8.70. The van der Waals surface area contributed by atoms with Crippen LogP contribution in [0.4, 0.5) is 0 Å². The van der Waals surface area contributed by atoms with Crippen molar-refractivity contribution in [3.05, 3.63) is 37.4 Å². The van der Waals surface area contributed by atoms with E-state index in [0.717, 1.165) is 11.5 Å². The van der Waals surface area contributed by atoms with Crippen LogP contribution in [0, 0.1) is 0 Å². The maximum atomic E-state index is 5.96. The van der Waals surface area contributed by atoms with Crippen molar-refractivity contribution in [1.29, 1.82) is 0 Å². The highest BCUT2D eigenvalue weighted by Gasteiger charge is 2.14. The SMILES string of the molecule is C=C.CCOc1cccc(OC2CCCCC2)c1. The lowest BCUT2D eigenvalue weighted by molar-refractivity contribution is 0.154. The number of benzene rings is 1. The first kappa shape index (κ1) is 14.6. The van der Waals surface area contributed by atoms with Gasteiger partial charge in [-0.05, 0) is 44.7 Å². The quantitative estimate of drug-likeness (QED) is 0.725. The summed E-state index contributed by atoms with van der Waals surface area (Å²) in [6.07, 6.45) is 6.76. The summed E-state index contributed by atoms with van der Waals surface area (Å²) < 4.78 is 11.4. The van der Waals surface area contributed by atoms with E-state index in [-0.39, 0.29) is 0 Å². The Morgan fingerprint density at radius 2 is 1.78 bits per heavy atom. The number of rotatable bonds is 4. The fourth-order valence-corrected chi connectivity index (χ4v) is 2.18. The van der Waals surface area contributed by atoms with E-state index in [1.54, 1.807) is 0 Å². The van der Waals surface area contributed by atoms with Gasteiger partial charge in [0.15, 0.2) is 0 Å². The molecule has 2 rings (SSSR count). The molecule has 0 atom stereocenters. The van der Waals surface area contributed by atoms with Gasteiger partial charge >= 0.3 is 0 Å². The first-order chi connectivity index (χ1) is 8.88. The molecule has 18 heavy (non-hydrogen) atoms. The van der Waals surface area contributed by atoms with E-state index in [1.165, 1.54) is 32.1 Å². The highest BCUT2D eigenvalue weighted by Crippen LogP contribution is 2.25. The van der Waals surface area contributed by atoms with Crippen LogP contribution in [0.1, 0.15) is 39.0 Å². The smallest absolute Gasteiger partial charge is 0.123 e. The van der Waals surface area contributed by atoms with Crippen molar-refractivity contribution in [1.82, 2.24) is 0 Å². The minimum absolute atomic E-state index is 0.408. The number of ether oxygens (including phenoxy) is 2. The molecule has 1 saturated carbocycles. The van der Waals surface area contributed by atoms with Gasteiger partial charge in [-0.25, -0.2) is 0 Å². The molecule has 0 aromatic heterocycles. The van der Waals surface area contributed by atoms with E-state index < -0.39 is 0 Å². The highest BCUT2D eigenvalue weighted by atomic mass is 16.5. The van der Waals surface area contributed by atoms with Crippen LogP contribution < -0.4 is 9.47 Å². The van der Waals surface area contributed by atoms with E-state index in [0.29, 0.717) is 12.7 Å². The fourth-order valence-electron chi connectivity index (χ4n) is 2.18. The molecule has 0 bridgehead atoms. The monoisotopic (exact) mass is 248 g/mol. The van der Waals surface area contributed by atoms with Crippen LogP contribution in [-0.4, -0.2) is 12.7 Å². The van der Waals surface area contributed by atoms with E-state index in [9.17, 15) is 0 Å². The van der Waals surface area contributed by atoms with Crippen molar-refractivity contribution < 1.29 is 9.47 Å². The normalized spacial score (nSPS) is 15.4. The molecule has 1 aliphatic carbocycles. The molecule has 0 aliphatic heterocycles. The van der Waals surface area contributed by atoms with Gasteiger partial charge in [-0.2, -0.15) is 0 Å². The van der Waals surface area contributed by atoms with Gasteiger partial charge in [0.05, 0.1) is 12.7 Å². The Hall–Kier alpha value is -1.44. The van der Waals surface area contributed by atoms with Crippen LogP contribution in [-0.2, 0) is 0 Å². The fraction of sp³-hybridized carbons (Fsp3) is 0.500. The van der Waals surface area contributed by atoms with Gasteiger partial charge in [-0.1, -0.05) is 12.5 Å². The van der Waals surface area contributed by atoms with Crippen molar-refractivity contribution >= 4 is 0 Å². The molecule has 1 aromatic carbocycles. The maximum Gasteiger partial charge on any atom is 0.123 e. The standard InChI is InChI=1S/C14H20O2.C2H4/c1-2-15-13-9-6-10-14(11-13)16-12-7-4-3-5-8-12;1-2/h6,9-12H,2-5,7-8H2,1H3;1-2H2. The second-order valence-corrected chi connectivity index (χ2v) is 4.29. The van der Waals surface area contributed by atoms with Crippen molar-refractivity contribution in [2.45, 2.75) is 45.1 Å². The van der Waals surface area contributed by atoms with Crippen LogP contribution in [0.15, 0.2) is 37.4 Å². The molecule has 0 amide bonds. The summed E-state index contributed by atoms with van der Waals surface area (Å²) in [5, 5.41) is 0. The topological polar surface area (TPSA) is 18.5 Å². The number of hydrogen-bond acceptors (Lipinski definition) is 2. The first-order valence-electron chi connectivity index (χ1n) is 6.78. The summed E-state index contributed by atoms with van der Waals surface area (Å²) in [5.74, 6) is 1.84. The van der Waals surface area contributed by atoms with Gasteiger partial charge in [0.1, 0.15) is 11.5 Å². The van der Waals surface area contributed by atoms with Crippen molar-refractivity contribution in [2.24, 2.45) is 0 Å². The summed E-state index contributed by atoms with van der Waals surface area (Å²) in [6, 6.07) is 7.95. The van der Waals surface area contributed by atoms with Gasteiger partial charge in [-0.15, -0.1) is 13.2 Å². The van der Waals surface area contributed by atoms with Crippen molar-refractivity contribution in [3.8, 4) is 11.5 Å². The average molecular weight is 248 g/mol. The van der Waals surface area contributed by atoms with Crippen LogP contribution in [0.3, 0.4) is 0 Å². The lowest BCUT2D eigenvalue weighted by Crippen LogP contribution is -2.19. The molecule has 0 unspecified atom stereocenters. The van der Waals surface area contributed by atoms with E-state index in [2.05, 4.69) is 13.2 Å². The molecule has 0 N–H and O–H groups in total. The lowest BCUT2D eigenvalue weighted by atomic mass is 9.98. The summed E-state index contributed by atoms with van der Waals surface area (Å²) in [5.41, 5.74) is 0. The van der Waals surface area contributed by atoms with Gasteiger partial charge in [0.2, 0.25) is 0 Å². The minimum atomic E-state index is 0.408. The van der Waals surface area contributed by atoms with Crippen LogP contribution in [0.2, 0.25) is 0 Å². The second kappa shape index (κ2) is 8.62. The predicted octanol–water partition coefficient (Wildman–Crippen LogP) is 4.60. The molecule has 100 valence electrons. The van der Waals surface area contributed by atoms with Crippen LogP contribution in [0.5, 0.6) is 11.5 Å². The molecule has 0 radical (unpaired) electrons. The summed E-state index contributed by atoms with van der Waals surface area (Å²) >= 11 is 0. The zero-order chi connectivity index (χ0) is 13.2. The third-order valence-electron chi connectivity index (χ3n) is 2.97. The largest absolute Gasteiger partial charge is 0.494 e. The molecular weight excluding hydrogens is 224 g/mol. The third kappa shape index (κ3) is 4.82. The van der Waals surface area contributed by atoms with Crippen molar-refractivity contribution in [2.75, 3.05) is 6.61 Å². The van der Waals surface area contributed by atoms with Crippen LogP contribution >= 0.6 is 0 Å². The Morgan fingerprint density at radius 1 is 1.11 bits per heavy atom. The Morgan fingerprint density at radius 3 is 2.44 bits per heavy atom. The summed E-state index contributed by atoms with van der Waals surface area (Å²) in [4.78, 5) is 0. The third-order valence-corrected chi connectivity index (χ3v) is 2.97. The maximum absolute atomic E-state index is 5.96. The average Bonchev–Trinajstić information content (AvgIpc) is 2.43. The molecule has 0 heterocycles. The minimum Gasteiger partial charge on any atom is -0.494 e. The zero-order valence-electron chi connectivity index (χ0n) is 11.4. The Labute approximate surface area is 111 Å². The van der Waals surface area contributed by atoms with Gasteiger partial charge in [0.25, 0.3) is 0 Å². The Kier molecular flexibility index (Phi) is 7.00. The van der Waals surface area contributed by atoms with Gasteiger partial charge in [0, 0.05) is 6.07 Å². The predicted molar refractivity (Wildman–Crippen MR) is 76.4 cm³/mol. The molecule has 0 saturated heterocycles. The van der Waals surface area contributed by atoms with Crippen molar-refractivity contribution in [3.63, 3.8) is 0 Å². The van der Waals surface area contributed by atoms with Gasteiger partial charge in [-0.3, -0.25) is 0 Å². The zero-order valence-corrected chi connectivity index (χ0v) is 11.4. The Bertz CT molecular complexity index is 330. The molecule has 2 heteroatoms. The highest BCUT2D eigenvalue weighted by molar-refractivity contribution is 5.33. The molecule has 2 nitrogen and oxygen atoms in total. The number of hydrogen-bond donors (Lipinski definition) is 0. The first-order valence-corrected chi connectivity index (χ1v) is 6.78. The molecule has 1 fully saturated rings.